The SMILES string of the molecule is C[C@@H]1C[C@@H]1C(=O)OCC(=O)NCCc1c[nH]c2ccccc12. The Morgan fingerprint density at radius 1 is 1.36 bits per heavy atom. The summed E-state index contributed by atoms with van der Waals surface area (Å²) in [5, 5.41) is 3.95. The van der Waals surface area contributed by atoms with Gasteiger partial charge in [-0.3, -0.25) is 9.59 Å². The monoisotopic (exact) mass is 300 g/mol. The summed E-state index contributed by atoms with van der Waals surface area (Å²) >= 11 is 0. The Morgan fingerprint density at radius 2 is 2.14 bits per heavy atom. The molecule has 1 aromatic carbocycles. The molecule has 0 unspecified atom stereocenters. The van der Waals surface area contributed by atoms with Gasteiger partial charge in [0, 0.05) is 23.6 Å². The van der Waals surface area contributed by atoms with Crippen LogP contribution in [0.5, 0.6) is 0 Å². The van der Waals surface area contributed by atoms with E-state index in [0.29, 0.717) is 12.5 Å². The molecule has 3 rings (SSSR count). The predicted octanol–water partition coefficient (Wildman–Crippen LogP) is 2.03. The zero-order chi connectivity index (χ0) is 15.5. The number of H-pyrrole nitrogens is 1. The number of fused-ring (bicyclic) bond motifs is 1. The smallest absolute Gasteiger partial charge is 0.309 e. The number of carbonyl (C=O) groups excluding carboxylic acids is 2. The second kappa shape index (κ2) is 6.22. The van der Waals surface area contributed by atoms with Crippen molar-refractivity contribution in [3.05, 3.63) is 36.0 Å². The Bertz CT molecular complexity index is 692. The lowest BCUT2D eigenvalue weighted by molar-refractivity contribution is -0.150. The van der Waals surface area contributed by atoms with Gasteiger partial charge >= 0.3 is 5.97 Å². The molecule has 1 amide bonds. The fourth-order valence-corrected chi connectivity index (χ4v) is 2.62. The number of nitrogens with one attached hydrogen (secondary N) is 2. The standard InChI is InChI=1S/C17H20N2O3/c1-11-8-14(11)17(21)22-10-16(20)18-7-6-12-9-19-15-5-3-2-4-13(12)15/h2-5,9,11,14,19H,6-8,10H2,1H3,(H,18,20)/t11-,14+/m1/s1. The Morgan fingerprint density at radius 3 is 2.91 bits per heavy atom. The largest absolute Gasteiger partial charge is 0.455 e. The van der Waals surface area contributed by atoms with Crippen molar-refractivity contribution in [2.75, 3.05) is 13.2 Å². The van der Waals surface area contributed by atoms with Crippen molar-refractivity contribution in [3.63, 3.8) is 0 Å². The molecule has 5 nitrogen and oxygen atoms in total. The minimum atomic E-state index is -0.251. The van der Waals surface area contributed by atoms with E-state index in [1.54, 1.807) is 0 Å². The van der Waals surface area contributed by atoms with Crippen LogP contribution >= 0.6 is 0 Å². The second-order valence-electron chi connectivity index (χ2n) is 5.89. The first-order valence-electron chi connectivity index (χ1n) is 7.63. The maximum absolute atomic E-state index is 11.7. The van der Waals surface area contributed by atoms with Crippen molar-refractivity contribution in [2.45, 2.75) is 19.8 Å². The first-order valence-corrected chi connectivity index (χ1v) is 7.63. The van der Waals surface area contributed by atoms with E-state index in [1.165, 1.54) is 10.9 Å². The van der Waals surface area contributed by atoms with E-state index in [-0.39, 0.29) is 24.4 Å². The third kappa shape index (κ3) is 3.30. The number of esters is 1. The summed E-state index contributed by atoms with van der Waals surface area (Å²) in [7, 11) is 0. The van der Waals surface area contributed by atoms with E-state index in [1.807, 2.05) is 31.3 Å². The minimum Gasteiger partial charge on any atom is -0.455 e. The number of hydrogen-bond acceptors (Lipinski definition) is 3. The van der Waals surface area contributed by atoms with Crippen LogP contribution in [0, 0.1) is 11.8 Å². The summed E-state index contributed by atoms with van der Waals surface area (Å²) in [6.07, 6.45) is 3.58. The molecule has 0 aliphatic heterocycles. The van der Waals surface area contributed by atoms with Gasteiger partial charge in [0.15, 0.2) is 6.61 Å². The lowest BCUT2D eigenvalue weighted by Crippen LogP contribution is -2.30. The molecule has 2 N–H and O–H groups in total. The van der Waals surface area contributed by atoms with Crippen molar-refractivity contribution < 1.29 is 14.3 Å². The van der Waals surface area contributed by atoms with E-state index in [2.05, 4.69) is 16.4 Å². The molecular formula is C17H20N2O3. The molecule has 116 valence electrons. The minimum absolute atomic E-state index is 0.000907. The number of aromatic nitrogens is 1. The molecule has 5 heteroatoms. The molecule has 1 aliphatic carbocycles. The van der Waals surface area contributed by atoms with Gasteiger partial charge in [0.1, 0.15) is 0 Å². The van der Waals surface area contributed by atoms with Crippen molar-refractivity contribution in [3.8, 4) is 0 Å². The van der Waals surface area contributed by atoms with Crippen LogP contribution in [0.25, 0.3) is 10.9 Å². The Labute approximate surface area is 129 Å². The molecule has 2 aromatic rings. The van der Waals surface area contributed by atoms with Crippen LogP contribution in [0.15, 0.2) is 30.5 Å². The van der Waals surface area contributed by atoms with E-state index < -0.39 is 0 Å². The highest BCUT2D eigenvalue weighted by molar-refractivity contribution is 5.84. The highest BCUT2D eigenvalue weighted by Gasteiger charge is 2.40. The molecule has 1 fully saturated rings. The van der Waals surface area contributed by atoms with E-state index in [4.69, 9.17) is 4.74 Å². The van der Waals surface area contributed by atoms with Crippen LogP contribution in [-0.4, -0.2) is 30.0 Å². The number of ether oxygens (including phenoxy) is 1. The summed E-state index contributed by atoms with van der Waals surface area (Å²) in [6, 6.07) is 8.06. The van der Waals surface area contributed by atoms with Crippen LogP contribution < -0.4 is 5.32 Å². The Hall–Kier alpha value is -2.30. The normalized spacial score (nSPS) is 19.9. The molecule has 2 atom stereocenters. The molecule has 1 aliphatic rings. The summed E-state index contributed by atoms with van der Waals surface area (Å²) in [5.74, 6) is -0.0998. The summed E-state index contributed by atoms with van der Waals surface area (Å²) < 4.78 is 5.00. The quantitative estimate of drug-likeness (QED) is 0.802. The van der Waals surface area contributed by atoms with Gasteiger partial charge in [-0.2, -0.15) is 0 Å². The van der Waals surface area contributed by atoms with Crippen molar-refractivity contribution in [2.24, 2.45) is 11.8 Å². The zero-order valence-electron chi connectivity index (χ0n) is 12.6. The van der Waals surface area contributed by atoms with Crippen molar-refractivity contribution in [1.82, 2.24) is 10.3 Å². The molecule has 1 aromatic heterocycles. The van der Waals surface area contributed by atoms with Gasteiger partial charge in [0.05, 0.1) is 5.92 Å². The molecule has 0 saturated heterocycles. The Balaban J connectivity index is 1.41. The van der Waals surface area contributed by atoms with Gasteiger partial charge in [-0.15, -0.1) is 0 Å². The average Bonchev–Trinajstić information content (AvgIpc) is 3.11. The van der Waals surface area contributed by atoms with E-state index in [9.17, 15) is 9.59 Å². The van der Waals surface area contributed by atoms with Crippen LogP contribution in [0.2, 0.25) is 0 Å². The summed E-state index contributed by atoms with van der Waals surface area (Å²) in [5.41, 5.74) is 2.26. The van der Waals surface area contributed by atoms with Crippen LogP contribution in [0.3, 0.4) is 0 Å². The van der Waals surface area contributed by atoms with Gasteiger partial charge in [-0.25, -0.2) is 0 Å². The highest BCUT2D eigenvalue weighted by atomic mass is 16.5. The first kappa shape index (κ1) is 14.6. The van der Waals surface area contributed by atoms with Gasteiger partial charge in [-0.05, 0) is 30.4 Å². The van der Waals surface area contributed by atoms with Gasteiger partial charge in [0.25, 0.3) is 5.91 Å². The number of carbonyl (C=O) groups is 2. The number of benzene rings is 1. The summed E-state index contributed by atoms with van der Waals surface area (Å²) in [6.45, 7) is 2.35. The molecule has 1 heterocycles. The lowest BCUT2D eigenvalue weighted by atomic mass is 10.1. The van der Waals surface area contributed by atoms with Crippen LogP contribution in [0.1, 0.15) is 18.9 Å². The first-order chi connectivity index (χ1) is 10.6. The second-order valence-corrected chi connectivity index (χ2v) is 5.89. The van der Waals surface area contributed by atoms with E-state index >= 15 is 0 Å². The number of amides is 1. The van der Waals surface area contributed by atoms with Crippen molar-refractivity contribution >= 4 is 22.8 Å². The van der Waals surface area contributed by atoms with Crippen LogP contribution in [0.4, 0.5) is 0 Å². The highest BCUT2D eigenvalue weighted by Crippen LogP contribution is 2.38. The Kier molecular flexibility index (Phi) is 4.13. The molecule has 0 bridgehead atoms. The lowest BCUT2D eigenvalue weighted by Gasteiger charge is -2.06. The molecule has 0 radical (unpaired) electrons. The summed E-state index contributed by atoms with van der Waals surface area (Å²) in [4.78, 5) is 26.4. The molecular weight excluding hydrogens is 280 g/mol. The third-order valence-electron chi connectivity index (χ3n) is 4.15. The molecule has 0 spiro atoms. The fourth-order valence-electron chi connectivity index (χ4n) is 2.62. The van der Waals surface area contributed by atoms with Crippen molar-refractivity contribution in [1.29, 1.82) is 0 Å². The molecule has 22 heavy (non-hydrogen) atoms. The number of para-hydroxylation sites is 1. The predicted molar refractivity (Wildman–Crippen MR) is 83.2 cm³/mol. The maximum atomic E-state index is 11.7. The van der Waals surface area contributed by atoms with Gasteiger partial charge in [0.2, 0.25) is 0 Å². The maximum Gasteiger partial charge on any atom is 0.309 e. The van der Waals surface area contributed by atoms with E-state index in [0.717, 1.165) is 18.4 Å². The van der Waals surface area contributed by atoms with Gasteiger partial charge < -0.3 is 15.0 Å². The zero-order valence-corrected chi connectivity index (χ0v) is 12.6. The third-order valence-corrected chi connectivity index (χ3v) is 4.15. The number of hydrogen-bond donors (Lipinski definition) is 2. The fraction of sp³-hybridized carbons (Fsp3) is 0.412. The average molecular weight is 300 g/mol. The van der Waals surface area contributed by atoms with Crippen LogP contribution in [-0.2, 0) is 20.7 Å². The molecule has 1 saturated carbocycles. The topological polar surface area (TPSA) is 71.2 Å². The van der Waals surface area contributed by atoms with Gasteiger partial charge in [-0.1, -0.05) is 25.1 Å². The number of rotatable bonds is 6. The number of aromatic amines is 1.